The molecular formula is C15H11ClN2O. The first-order valence-electron chi connectivity index (χ1n) is 5.89. The van der Waals surface area contributed by atoms with Gasteiger partial charge in [-0.25, -0.2) is 0 Å². The summed E-state index contributed by atoms with van der Waals surface area (Å²) >= 11 is 6.16. The van der Waals surface area contributed by atoms with Crippen LogP contribution in [0, 0.1) is 0 Å². The van der Waals surface area contributed by atoms with Crippen LogP contribution in [0.15, 0.2) is 55.0 Å². The normalized spacial score (nSPS) is 10.6. The summed E-state index contributed by atoms with van der Waals surface area (Å²) in [5.41, 5.74) is 1.89. The fraction of sp³-hybridized carbons (Fsp3) is 0.0667. The molecule has 1 aromatic carbocycles. The number of rotatable bonds is 3. The minimum atomic E-state index is 0.453. The molecule has 4 heteroatoms. The summed E-state index contributed by atoms with van der Waals surface area (Å²) in [6.45, 7) is 0.453. The van der Waals surface area contributed by atoms with E-state index in [0.29, 0.717) is 11.6 Å². The predicted octanol–water partition coefficient (Wildman–Crippen LogP) is 3.86. The number of aromatic nitrogens is 2. The van der Waals surface area contributed by atoms with Gasteiger partial charge >= 0.3 is 0 Å². The zero-order valence-electron chi connectivity index (χ0n) is 10.1. The van der Waals surface area contributed by atoms with Crippen LogP contribution in [0.2, 0.25) is 5.02 Å². The van der Waals surface area contributed by atoms with Crippen molar-refractivity contribution in [3.05, 3.63) is 65.6 Å². The molecule has 0 aliphatic rings. The smallest absolute Gasteiger partial charge is 0.122 e. The summed E-state index contributed by atoms with van der Waals surface area (Å²) < 4.78 is 5.72. The molecule has 0 unspecified atom stereocenters. The van der Waals surface area contributed by atoms with Crippen LogP contribution < -0.4 is 4.74 Å². The Bertz CT molecular complexity index is 701. The van der Waals surface area contributed by atoms with Crippen molar-refractivity contribution in [2.24, 2.45) is 0 Å². The van der Waals surface area contributed by atoms with Crippen molar-refractivity contribution in [2.75, 3.05) is 0 Å². The topological polar surface area (TPSA) is 35.0 Å². The second-order valence-electron chi connectivity index (χ2n) is 4.08. The molecule has 0 radical (unpaired) electrons. The number of nitrogens with zero attached hydrogens (tertiary/aromatic N) is 2. The van der Waals surface area contributed by atoms with Crippen molar-refractivity contribution in [3.63, 3.8) is 0 Å². The fourth-order valence-corrected chi connectivity index (χ4v) is 2.12. The maximum Gasteiger partial charge on any atom is 0.122 e. The van der Waals surface area contributed by atoms with Crippen LogP contribution in [0.5, 0.6) is 5.75 Å². The molecule has 3 aromatic rings. The molecule has 0 aliphatic carbocycles. The summed E-state index contributed by atoms with van der Waals surface area (Å²) in [4.78, 5) is 8.33. The van der Waals surface area contributed by atoms with Gasteiger partial charge in [-0.15, -0.1) is 0 Å². The Morgan fingerprint density at radius 3 is 2.68 bits per heavy atom. The lowest BCUT2D eigenvalue weighted by atomic mass is 10.1. The summed E-state index contributed by atoms with van der Waals surface area (Å²) in [7, 11) is 0. The number of fused-ring (bicyclic) bond motifs is 1. The highest BCUT2D eigenvalue weighted by Crippen LogP contribution is 2.25. The lowest BCUT2D eigenvalue weighted by Crippen LogP contribution is -1.97. The highest BCUT2D eigenvalue weighted by Gasteiger charge is 2.06. The lowest BCUT2D eigenvalue weighted by molar-refractivity contribution is 0.307. The number of ether oxygens (including phenoxy) is 1. The third-order valence-corrected chi connectivity index (χ3v) is 3.17. The molecule has 3 rings (SSSR count). The van der Waals surface area contributed by atoms with Gasteiger partial charge in [-0.1, -0.05) is 17.7 Å². The van der Waals surface area contributed by atoms with Crippen LogP contribution in [0.3, 0.4) is 0 Å². The standard InChI is InChI=1S/C15H11ClN2O/c16-14-4-3-11(15-13(14)2-1-7-18-15)10-19-12-5-8-17-9-6-12/h1-9H,10H2. The SMILES string of the molecule is Clc1ccc(COc2ccncc2)c2ncccc12. The van der Waals surface area contributed by atoms with E-state index in [0.717, 1.165) is 22.2 Å². The minimum Gasteiger partial charge on any atom is -0.489 e. The first-order valence-corrected chi connectivity index (χ1v) is 6.27. The second kappa shape index (κ2) is 5.24. The largest absolute Gasteiger partial charge is 0.489 e. The van der Waals surface area contributed by atoms with Crippen LogP contribution in [-0.4, -0.2) is 9.97 Å². The van der Waals surface area contributed by atoms with Crippen LogP contribution in [-0.2, 0) is 6.61 Å². The molecule has 3 nitrogen and oxygen atoms in total. The molecule has 0 saturated carbocycles. The summed E-state index contributed by atoms with van der Waals surface area (Å²) in [6.07, 6.45) is 5.16. The lowest BCUT2D eigenvalue weighted by Gasteiger charge is -2.09. The van der Waals surface area contributed by atoms with Crippen molar-refractivity contribution in [3.8, 4) is 5.75 Å². The Balaban J connectivity index is 1.91. The van der Waals surface area contributed by atoms with Crippen LogP contribution in [0.4, 0.5) is 0 Å². The maximum atomic E-state index is 6.16. The van der Waals surface area contributed by atoms with E-state index < -0.39 is 0 Å². The number of halogens is 1. The quantitative estimate of drug-likeness (QED) is 0.725. The van der Waals surface area contributed by atoms with E-state index in [9.17, 15) is 0 Å². The number of pyridine rings is 2. The van der Waals surface area contributed by atoms with E-state index in [4.69, 9.17) is 16.3 Å². The Kier molecular flexibility index (Phi) is 3.29. The molecular weight excluding hydrogens is 260 g/mol. The first kappa shape index (κ1) is 11.9. The van der Waals surface area contributed by atoms with Crippen LogP contribution in [0.1, 0.15) is 5.56 Å². The monoisotopic (exact) mass is 270 g/mol. The van der Waals surface area contributed by atoms with Gasteiger partial charge in [0.25, 0.3) is 0 Å². The molecule has 0 saturated heterocycles. The Morgan fingerprint density at radius 1 is 1.00 bits per heavy atom. The zero-order valence-corrected chi connectivity index (χ0v) is 10.8. The highest BCUT2D eigenvalue weighted by molar-refractivity contribution is 6.35. The molecule has 0 N–H and O–H groups in total. The number of hydrogen-bond donors (Lipinski definition) is 0. The van der Waals surface area contributed by atoms with Gasteiger partial charge in [-0.05, 0) is 30.3 Å². The van der Waals surface area contributed by atoms with Gasteiger partial charge in [0.05, 0.1) is 5.52 Å². The zero-order chi connectivity index (χ0) is 13.1. The molecule has 94 valence electrons. The summed E-state index contributed by atoms with van der Waals surface area (Å²) in [5.74, 6) is 0.786. The Morgan fingerprint density at radius 2 is 1.84 bits per heavy atom. The van der Waals surface area contributed by atoms with Gasteiger partial charge < -0.3 is 4.74 Å². The van der Waals surface area contributed by atoms with E-state index in [1.807, 2.05) is 36.4 Å². The van der Waals surface area contributed by atoms with Gasteiger partial charge in [-0.2, -0.15) is 0 Å². The molecule has 19 heavy (non-hydrogen) atoms. The Labute approximate surface area is 115 Å². The predicted molar refractivity (Wildman–Crippen MR) is 75.3 cm³/mol. The molecule has 2 aromatic heterocycles. The Hall–Kier alpha value is -2.13. The average Bonchev–Trinajstić information content (AvgIpc) is 2.48. The number of benzene rings is 1. The highest BCUT2D eigenvalue weighted by atomic mass is 35.5. The molecule has 2 heterocycles. The van der Waals surface area contributed by atoms with E-state index >= 15 is 0 Å². The van der Waals surface area contributed by atoms with Gasteiger partial charge in [0, 0.05) is 34.6 Å². The second-order valence-corrected chi connectivity index (χ2v) is 4.48. The van der Waals surface area contributed by atoms with E-state index in [1.54, 1.807) is 18.6 Å². The fourth-order valence-electron chi connectivity index (χ4n) is 1.91. The molecule has 0 fully saturated rings. The van der Waals surface area contributed by atoms with E-state index in [2.05, 4.69) is 9.97 Å². The summed E-state index contributed by atoms with van der Waals surface area (Å²) in [6, 6.07) is 11.3. The van der Waals surface area contributed by atoms with Crippen molar-refractivity contribution >= 4 is 22.5 Å². The van der Waals surface area contributed by atoms with Crippen molar-refractivity contribution in [1.29, 1.82) is 0 Å². The van der Waals surface area contributed by atoms with Crippen LogP contribution >= 0.6 is 11.6 Å². The average molecular weight is 271 g/mol. The minimum absolute atomic E-state index is 0.453. The van der Waals surface area contributed by atoms with Gasteiger partial charge in [-0.3, -0.25) is 9.97 Å². The van der Waals surface area contributed by atoms with Gasteiger partial charge in [0.15, 0.2) is 0 Å². The van der Waals surface area contributed by atoms with E-state index in [1.165, 1.54) is 0 Å². The first-order chi connectivity index (χ1) is 9.34. The molecule has 0 spiro atoms. The molecule has 0 amide bonds. The number of hydrogen-bond acceptors (Lipinski definition) is 3. The third-order valence-electron chi connectivity index (χ3n) is 2.84. The molecule has 0 aliphatic heterocycles. The molecule has 0 bridgehead atoms. The van der Waals surface area contributed by atoms with Crippen LogP contribution in [0.25, 0.3) is 10.9 Å². The van der Waals surface area contributed by atoms with Crippen molar-refractivity contribution < 1.29 is 4.74 Å². The van der Waals surface area contributed by atoms with E-state index in [-0.39, 0.29) is 0 Å². The van der Waals surface area contributed by atoms with Gasteiger partial charge in [0.1, 0.15) is 12.4 Å². The molecule has 0 atom stereocenters. The third kappa shape index (κ3) is 2.51. The van der Waals surface area contributed by atoms with Gasteiger partial charge in [0.2, 0.25) is 0 Å². The van der Waals surface area contributed by atoms with Crippen molar-refractivity contribution in [2.45, 2.75) is 6.61 Å². The van der Waals surface area contributed by atoms with Crippen molar-refractivity contribution in [1.82, 2.24) is 9.97 Å². The maximum absolute atomic E-state index is 6.16. The summed E-state index contributed by atoms with van der Waals surface area (Å²) in [5, 5.41) is 1.65.